The maximum Gasteiger partial charge on any atom is 0.285 e. The average Bonchev–Trinajstić information content (AvgIpc) is 2.01. The number of hydrogen-bond acceptors (Lipinski definition) is 3. The van der Waals surface area contributed by atoms with E-state index in [4.69, 9.17) is 14.2 Å². The van der Waals surface area contributed by atoms with Gasteiger partial charge in [-0.1, -0.05) is 6.92 Å². The zero-order chi connectivity index (χ0) is 8.04. The maximum atomic E-state index is 4.98. The van der Waals surface area contributed by atoms with Crippen molar-refractivity contribution in [1.82, 2.24) is 0 Å². The highest BCUT2D eigenvalue weighted by Gasteiger charge is 2.27. The summed E-state index contributed by atoms with van der Waals surface area (Å²) in [7, 11) is 4.62. The summed E-state index contributed by atoms with van der Waals surface area (Å²) in [6, 6.07) is 0. The molecule has 0 N–H and O–H groups in total. The van der Waals surface area contributed by atoms with E-state index in [-0.39, 0.29) is 0 Å². The fourth-order valence-electron chi connectivity index (χ4n) is 0.750. The second-order valence-corrected chi connectivity index (χ2v) is 1.83. The number of hydrogen-bond donors (Lipinski definition) is 0. The van der Waals surface area contributed by atoms with Crippen LogP contribution in [0.15, 0.2) is 0 Å². The van der Waals surface area contributed by atoms with Gasteiger partial charge in [0.25, 0.3) is 5.97 Å². The van der Waals surface area contributed by atoms with E-state index in [9.17, 15) is 0 Å². The Morgan fingerprint density at radius 3 is 1.60 bits per heavy atom. The molecule has 0 amide bonds. The fraction of sp³-hybridized carbons (Fsp3) is 0.857. The topological polar surface area (TPSA) is 27.7 Å². The minimum atomic E-state index is -0.950. The predicted molar refractivity (Wildman–Crippen MR) is 38.3 cm³/mol. The zero-order valence-corrected chi connectivity index (χ0v) is 7.01. The molecule has 0 aromatic carbocycles. The summed E-state index contributed by atoms with van der Waals surface area (Å²) < 4.78 is 14.9. The molecule has 10 heavy (non-hydrogen) atoms. The Kier molecular flexibility index (Phi) is 4.60. The van der Waals surface area contributed by atoms with E-state index >= 15 is 0 Å². The van der Waals surface area contributed by atoms with E-state index in [1.807, 2.05) is 13.3 Å². The van der Waals surface area contributed by atoms with Crippen molar-refractivity contribution in [3.63, 3.8) is 0 Å². The molecule has 0 fully saturated rings. The van der Waals surface area contributed by atoms with Crippen molar-refractivity contribution < 1.29 is 14.2 Å². The third-order valence-corrected chi connectivity index (χ3v) is 1.31. The Balaban J connectivity index is 3.87. The van der Waals surface area contributed by atoms with Crippen LogP contribution in [0.3, 0.4) is 0 Å². The van der Waals surface area contributed by atoms with Crippen LogP contribution in [0.2, 0.25) is 0 Å². The molecule has 0 heterocycles. The fourth-order valence-corrected chi connectivity index (χ4v) is 0.750. The summed E-state index contributed by atoms with van der Waals surface area (Å²) >= 11 is 0. The lowest BCUT2D eigenvalue weighted by Crippen LogP contribution is -2.36. The van der Waals surface area contributed by atoms with Gasteiger partial charge in [0.15, 0.2) is 0 Å². The molecular formula is C7H15O3. The predicted octanol–water partition coefficient (Wildman–Crippen LogP) is 1.19. The van der Waals surface area contributed by atoms with E-state index in [2.05, 4.69) is 0 Å². The molecule has 0 spiro atoms. The van der Waals surface area contributed by atoms with Gasteiger partial charge in [-0.25, -0.2) is 0 Å². The first-order valence-electron chi connectivity index (χ1n) is 3.24. The van der Waals surface area contributed by atoms with Crippen LogP contribution >= 0.6 is 0 Å². The van der Waals surface area contributed by atoms with Gasteiger partial charge in [-0.2, -0.15) is 0 Å². The third-order valence-electron chi connectivity index (χ3n) is 1.31. The van der Waals surface area contributed by atoms with Gasteiger partial charge in [-0.15, -0.1) is 0 Å². The Morgan fingerprint density at radius 1 is 1.10 bits per heavy atom. The SMILES string of the molecule is CC[CH]C(OC)(OC)OC. The van der Waals surface area contributed by atoms with Gasteiger partial charge in [0.2, 0.25) is 0 Å². The van der Waals surface area contributed by atoms with Crippen LogP contribution < -0.4 is 0 Å². The molecule has 3 heteroatoms. The molecular weight excluding hydrogens is 132 g/mol. The molecule has 61 valence electrons. The standard InChI is InChI=1S/C7H15O3/c1-5-6-7(8-2,9-3)10-4/h6H,5H2,1-4H3. The summed E-state index contributed by atoms with van der Waals surface area (Å²) in [5.41, 5.74) is 0. The highest BCUT2D eigenvalue weighted by Crippen LogP contribution is 2.16. The number of ether oxygens (including phenoxy) is 3. The third kappa shape index (κ3) is 2.25. The van der Waals surface area contributed by atoms with Crippen molar-refractivity contribution in [3.05, 3.63) is 6.42 Å². The van der Waals surface area contributed by atoms with Crippen LogP contribution in [-0.4, -0.2) is 27.3 Å². The second-order valence-electron chi connectivity index (χ2n) is 1.83. The van der Waals surface area contributed by atoms with E-state index in [0.29, 0.717) is 0 Å². The zero-order valence-electron chi connectivity index (χ0n) is 7.01. The number of methoxy groups -OCH3 is 3. The van der Waals surface area contributed by atoms with Crippen molar-refractivity contribution in [3.8, 4) is 0 Å². The normalized spacial score (nSPS) is 12.0. The smallest absolute Gasteiger partial charge is 0.285 e. The van der Waals surface area contributed by atoms with Gasteiger partial charge in [0, 0.05) is 21.3 Å². The molecule has 3 nitrogen and oxygen atoms in total. The molecule has 0 bridgehead atoms. The van der Waals surface area contributed by atoms with Crippen molar-refractivity contribution in [2.75, 3.05) is 21.3 Å². The van der Waals surface area contributed by atoms with Crippen LogP contribution in [0.1, 0.15) is 13.3 Å². The van der Waals surface area contributed by atoms with Gasteiger partial charge < -0.3 is 14.2 Å². The average molecular weight is 147 g/mol. The lowest BCUT2D eigenvalue weighted by atomic mass is 10.3. The van der Waals surface area contributed by atoms with Crippen LogP contribution in [0.4, 0.5) is 0 Å². The first kappa shape index (κ1) is 9.88. The molecule has 0 saturated carbocycles. The first-order valence-corrected chi connectivity index (χ1v) is 3.24. The Hall–Kier alpha value is -0.120. The molecule has 0 aromatic heterocycles. The molecule has 0 saturated heterocycles. The van der Waals surface area contributed by atoms with Crippen molar-refractivity contribution in [2.24, 2.45) is 0 Å². The van der Waals surface area contributed by atoms with Gasteiger partial charge >= 0.3 is 0 Å². The first-order chi connectivity index (χ1) is 4.74. The van der Waals surface area contributed by atoms with E-state index in [1.54, 1.807) is 21.3 Å². The molecule has 0 atom stereocenters. The van der Waals surface area contributed by atoms with Crippen molar-refractivity contribution in [1.29, 1.82) is 0 Å². The second kappa shape index (κ2) is 4.66. The quantitative estimate of drug-likeness (QED) is 0.547. The minimum absolute atomic E-state index is 0.843. The van der Waals surface area contributed by atoms with Gasteiger partial charge in [-0.05, 0) is 6.42 Å². The number of rotatable bonds is 5. The molecule has 0 aromatic rings. The molecule has 0 aliphatic heterocycles. The highest BCUT2D eigenvalue weighted by atomic mass is 16.9. The lowest BCUT2D eigenvalue weighted by molar-refractivity contribution is -0.330. The van der Waals surface area contributed by atoms with Crippen LogP contribution in [0.5, 0.6) is 0 Å². The monoisotopic (exact) mass is 147 g/mol. The Bertz CT molecular complexity index is 70.7. The van der Waals surface area contributed by atoms with Gasteiger partial charge in [0.05, 0.1) is 6.42 Å². The highest BCUT2D eigenvalue weighted by molar-refractivity contribution is 4.75. The van der Waals surface area contributed by atoms with Crippen molar-refractivity contribution >= 4 is 0 Å². The summed E-state index contributed by atoms with van der Waals surface area (Å²) in [4.78, 5) is 0. The van der Waals surface area contributed by atoms with E-state index in [1.165, 1.54) is 0 Å². The van der Waals surface area contributed by atoms with Crippen LogP contribution in [0, 0.1) is 6.42 Å². The maximum absolute atomic E-state index is 4.98. The van der Waals surface area contributed by atoms with E-state index in [0.717, 1.165) is 6.42 Å². The van der Waals surface area contributed by atoms with Gasteiger partial charge in [-0.3, -0.25) is 0 Å². The molecule has 0 aliphatic carbocycles. The summed E-state index contributed by atoms with van der Waals surface area (Å²) in [5.74, 6) is -0.950. The molecule has 0 aliphatic rings. The minimum Gasteiger partial charge on any atom is -0.331 e. The molecule has 1 radical (unpaired) electrons. The summed E-state index contributed by atoms with van der Waals surface area (Å²) in [6.45, 7) is 1.99. The lowest BCUT2D eigenvalue weighted by Gasteiger charge is -2.27. The molecule has 0 unspecified atom stereocenters. The van der Waals surface area contributed by atoms with Crippen LogP contribution in [0.25, 0.3) is 0 Å². The van der Waals surface area contributed by atoms with Gasteiger partial charge in [0.1, 0.15) is 0 Å². The van der Waals surface area contributed by atoms with E-state index < -0.39 is 5.97 Å². The Morgan fingerprint density at radius 2 is 1.50 bits per heavy atom. The van der Waals surface area contributed by atoms with Crippen LogP contribution in [-0.2, 0) is 14.2 Å². The van der Waals surface area contributed by atoms with Crippen molar-refractivity contribution in [2.45, 2.75) is 19.3 Å². The summed E-state index contributed by atoms with van der Waals surface area (Å²) in [5, 5.41) is 0. The Labute approximate surface area is 62.3 Å². The largest absolute Gasteiger partial charge is 0.331 e. The molecule has 0 rings (SSSR count). The summed E-state index contributed by atoms with van der Waals surface area (Å²) in [6.07, 6.45) is 2.66.